The summed E-state index contributed by atoms with van der Waals surface area (Å²) in [5.41, 5.74) is 3.39. The van der Waals surface area contributed by atoms with Crippen LogP contribution in [0.15, 0.2) is 83.1 Å². The minimum Gasteiger partial charge on any atom is -0.501 e. The van der Waals surface area contributed by atoms with Crippen LogP contribution in [0, 0.1) is 10.8 Å². The van der Waals surface area contributed by atoms with Crippen molar-refractivity contribution in [1.29, 1.82) is 10.8 Å². The molecule has 1 aliphatic heterocycles. The van der Waals surface area contributed by atoms with Gasteiger partial charge >= 0.3 is 0 Å². The molecule has 0 fully saturated rings. The lowest BCUT2D eigenvalue weighted by atomic mass is 10.0. The summed E-state index contributed by atoms with van der Waals surface area (Å²) in [4.78, 5) is 17.4. The molecule has 162 valence electrons. The Hall–Kier alpha value is -4.20. The van der Waals surface area contributed by atoms with E-state index in [0.29, 0.717) is 17.0 Å². The molecule has 4 N–H and O–H groups in total. The molecular weight excluding hydrogens is 406 g/mol. The number of hydrogen-bond acceptors (Lipinski definition) is 6. The predicted molar refractivity (Wildman–Crippen MR) is 123 cm³/mol. The van der Waals surface area contributed by atoms with Gasteiger partial charge in [0.15, 0.2) is 0 Å². The first-order valence-corrected chi connectivity index (χ1v) is 10.1. The van der Waals surface area contributed by atoms with Gasteiger partial charge in [0.05, 0.1) is 24.3 Å². The number of amides is 1. The van der Waals surface area contributed by atoms with Crippen molar-refractivity contribution >= 4 is 29.2 Å². The van der Waals surface area contributed by atoms with Crippen LogP contribution in [0.2, 0.25) is 0 Å². The molecule has 1 amide bonds. The molecule has 0 radical (unpaired) electrons. The smallest absolute Gasteiger partial charge is 0.290 e. The highest BCUT2D eigenvalue weighted by Crippen LogP contribution is 2.24. The molecule has 1 aliphatic carbocycles. The molecule has 8 nitrogen and oxygen atoms in total. The zero-order valence-electron chi connectivity index (χ0n) is 17.5. The number of amidine groups is 1. The molecule has 4 rings (SSSR count). The van der Waals surface area contributed by atoms with Crippen molar-refractivity contribution in [3.05, 3.63) is 89.2 Å². The maximum atomic E-state index is 12.8. The number of benzodiazepines with no additional fused rings is 1. The van der Waals surface area contributed by atoms with Gasteiger partial charge in [0.25, 0.3) is 11.9 Å². The zero-order chi connectivity index (χ0) is 22.5. The largest absolute Gasteiger partial charge is 0.501 e. The molecule has 2 aromatic rings. The fourth-order valence-electron chi connectivity index (χ4n) is 3.49. The second kappa shape index (κ2) is 9.30. The number of methoxy groups -OCH3 is 1. The summed E-state index contributed by atoms with van der Waals surface area (Å²) in [7, 11) is 1.58. The van der Waals surface area contributed by atoms with Crippen LogP contribution >= 0.6 is 0 Å². The number of para-hydroxylation sites is 1. The number of allylic oxidation sites excluding steroid dienone is 2. The summed E-state index contributed by atoms with van der Waals surface area (Å²) in [6, 6.07) is 16.5. The van der Waals surface area contributed by atoms with Crippen LogP contribution in [-0.4, -0.2) is 36.8 Å². The highest BCUT2D eigenvalue weighted by atomic mass is 16.5. The lowest BCUT2D eigenvalue weighted by Crippen LogP contribution is -2.43. The van der Waals surface area contributed by atoms with E-state index in [4.69, 9.17) is 20.3 Å². The Bertz CT molecular complexity index is 1150. The number of benzene rings is 2. The van der Waals surface area contributed by atoms with Crippen molar-refractivity contribution < 1.29 is 14.3 Å². The number of nitrogens with zero attached hydrogens (tertiary/aromatic N) is 1. The number of carbonyl (C=O) groups excluding carboxylic acids is 1. The predicted octanol–water partition coefficient (Wildman–Crippen LogP) is 3.57. The fourth-order valence-corrected chi connectivity index (χ4v) is 3.49. The molecule has 1 heterocycles. The third-order valence-corrected chi connectivity index (χ3v) is 5.06. The van der Waals surface area contributed by atoms with E-state index in [9.17, 15) is 4.79 Å². The Kier molecular flexibility index (Phi) is 6.12. The van der Waals surface area contributed by atoms with Crippen molar-refractivity contribution in [3.8, 4) is 0 Å². The molecule has 2 aliphatic rings. The fraction of sp³-hybridized carbons (Fsp3) is 0.167. The highest BCUT2D eigenvalue weighted by Gasteiger charge is 2.27. The minimum absolute atomic E-state index is 0.207. The Balaban J connectivity index is 1.56. The van der Waals surface area contributed by atoms with Crippen LogP contribution in [0.25, 0.3) is 0 Å². The maximum Gasteiger partial charge on any atom is 0.290 e. The molecule has 1 unspecified atom stereocenters. The van der Waals surface area contributed by atoms with Gasteiger partial charge in [-0.2, -0.15) is 0 Å². The van der Waals surface area contributed by atoms with Crippen molar-refractivity contribution in [3.63, 3.8) is 0 Å². The molecular formula is C24H23N5O3. The first-order valence-electron chi connectivity index (χ1n) is 10.1. The number of nitrogens with one attached hydrogen (secondary N) is 4. The summed E-state index contributed by atoms with van der Waals surface area (Å²) in [5.74, 6) is 0.108. The average molecular weight is 429 g/mol. The number of fused-ring (bicyclic) bond motifs is 1. The summed E-state index contributed by atoms with van der Waals surface area (Å²) < 4.78 is 10.6. The molecule has 8 heteroatoms. The van der Waals surface area contributed by atoms with Gasteiger partial charge < -0.3 is 20.1 Å². The number of aliphatic imine (C=N–C) groups is 1. The molecule has 2 aromatic carbocycles. The second-order valence-electron chi connectivity index (χ2n) is 7.20. The van der Waals surface area contributed by atoms with Crippen LogP contribution in [-0.2, 0) is 14.3 Å². The number of carbonyl (C=O) groups is 1. The molecule has 0 bridgehead atoms. The van der Waals surface area contributed by atoms with E-state index >= 15 is 0 Å². The van der Waals surface area contributed by atoms with Crippen molar-refractivity contribution in [1.82, 2.24) is 5.32 Å². The summed E-state index contributed by atoms with van der Waals surface area (Å²) in [6.45, 7) is 0. The Morgan fingerprint density at radius 3 is 2.66 bits per heavy atom. The quantitative estimate of drug-likeness (QED) is 0.439. The SMILES string of the molecule is COC1=CC(C(=N)OC(=N)NC2N=C(c3ccccc3)c3ccccc3NC2=O)=CCC1. The zero-order valence-corrected chi connectivity index (χ0v) is 17.5. The number of anilines is 1. The lowest BCUT2D eigenvalue weighted by Gasteiger charge is -2.17. The van der Waals surface area contributed by atoms with Crippen molar-refractivity contribution in [2.75, 3.05) is 12.4 Å². The van der Waals surface area contributed by atoms with Gasteiger partial charge in [-0.3, -0.25) is 15.6 Å². The van der Waals surface area contributed by atoms with Gasteiger partial charge in [-0.1, -0.05) is 54.6 Å². The van der Waals surface area contributed by atoms with E-state index in [2.05, 4.69) is 15.6 Å². The second-order valence-corrected chi connectivity index (χ2v) is 7.20. The molecule has 0 aromatic heterocycles. The summed E-state index contributed by atoms with van der Waals surface area (Å²) in [6.07, 6.45) is 3.92. The third kappa shape index (κ3) is 4.59. The Morgan fingerprint density at radius 2 is 1.88 bits per heavy atom. The summed E-state index contributed by atoms with van der Waals surface area (Å²) >= 11 is 0. The van der Waals surface area contributed by atoms with Crippen LogP contribution in [0.5, 0.6) is 0 Å². The molecule has 32 heavy (non-hydrogen) atoms. The third-order valence-electron chi connectivity index (χ3n) is 5.06. The van der Waals surface area contributed by atoms with Crippen LogP contribution in [0.4, 0.5) is 5.69 Å². The minimum atomic E-state index is -1.11. The lowest BCUT2D eigenvalue weighted by molar-refractivity contribution is -0.117. The van der Waals surface area contributed by atoms with E-state index in [-0.39, 0.29) is 5.90 Å². The maximum absolute atomic E-state index is 12.8. The summed E-state index contributed by atoms with van der Waals surface area (Å²) in [5, 5.41) is 21.8. The molecule has 0 saturated heterocycles. The van der Waals surface area contributed by atoms with Gasteiger partial charge in [0.1, 0.15) is 0 Å². The van der Waals surface area contributed by atoms with Gasteiger partial charge in [0.2, 0.25) is 12.1 Å². The molecule has 0 saturated carbocycles. The monoisotopic (exact) mass is 429 g/mol. The number of rotatable bonds is 4. The van der Waals surface area contributed by atoms with Gasteiger partial charge in [0, 0.05) is 23.1 Å². The standard InChI is InChI=1S/C24H23N5O3/c1-31-17-11-7-10-16(14-17)21(25)32-24(26)29-22-23(30)27-19-13-6-5-12-18(19)20(28-22)15-8-3-2-4-9-15/h2-6,8-10,12-14,22,25H,7,11H2,1H3,(H2,26,29)(H,27,30). The Morgan fingerprint density at radius 1 is 1.12 bits per heavy atom. The highest BCUT2D eigenvalue weighted by molar-refractivity contribution is 6.19. The number of hydrogen-bond donors (Lipinski definition) is 4. The van der Waals surface area contributed by atoms with Crippen LogP contribution < -0.4 is 10.6 Å². The van der Waals surface area contributed by atoms with Crippen molar-refractivity contribution in [2.45, 2.75) is 19.0 Å². The first kappa shape index (κ1) is 21.0. The van der Waals surface area contributed by atoms with E-state index in [1.54, 1.807) is 19.3 Å². The first-order chi connectivity index (χ1) is 15.5. The molecule has 1 atom stereocenters. The molecule has 0 spiro atoms. The Labute approximate surface area is 185 Å². The van der Waals surface area contributed by atoms with Crippen LogP contribution in [0.1, 0.15) is 24.0 Å². The van der Waals surface area contributed by atoms with E-state index in [0.717, 1.165) is 29.7 Å². The van der Waals surface area contributed by atoms with E-state index in [1.165, 1.54) is 0 Å². The normalized spacial score (nSPS) is 17.5. The number of ether oxygens (including phenoxy) is 2. The average Bonchev–Trinajstić information content (AvgIpc) is 2.96. The van der Waals surface area contributed by atoms with Gasteiger partial charge in [-0.25, -0.2) is 4.99 Å². The van der Waals surface area contributed by atoms with E-state index < -0.39 is 18.1 Å². The van der Waals surface area contributed by atoms with E-state index in [1.807, 2.05) is 54.6 Å². The van der Waals surface area contributed by atoms with Crippen LogP contribution in [0.3, 0.4) is 0 Å². The topological polar surface area (TPSA) is 120 Å². The van der Waals surface area contributed by atoms with Gasteiger partial charge in [-0.05, 0) is 18.6 Å². The van der Waals surface area contributed by atoms with Crippen molar-refractivity contribution in [2.24, 2.45) is 4.99 Å². The van der Waals surface area contributed by atoms with Gasteiger partial charge in [-0.15, -0.1) is 0 Å².